The van der Waals surface area contributed by atoms with Crippen molar-refractivity contribution in [1.29, 1.82) is 0 Å². The third kappa shape index (κ3) is 2.74. The van der Waals surface area contributed by atoms with Gasteiger partial charge in [-0.3, -0.25) is 0 Å². The van der Waals surface area contributed by atoms with Gasteiger partial charge in [-0.1, -0.05) is 30.9 Å². The van der Waals surface area contributed by atoms with Crippen molar-refractivity contribution in [3.8, 4) is 0 Å². The van der Waals surface area contributed by atoms with Crippen molar-refractivity contribution in [3.63, 3.8) is 0 Å². The summed E-state index contributed by atoms with van der Waals surface area (Å²) in [5.74, 6) is 0. The topological polar surface area (TPSA) is 21.3 Å². The molecule has 1 aromatic heterocycles. The number of nitrogens with one attached hydrogen (secondary N) is 1. The predicted molar refractivity (Wildman–Crippen MR) is 78.6 cm³/mol. The molecule has 0 amide bonds. The highest BCUT2D eigenvalue weighted by molar-refractivity contribution is 7.10. The first-order chi connectivity index (χ1) is 8.73. The van der Waals surface area contributed by atoms with Crippen LogP contribution in [0.1, 0.15) is 49.9 Å². The van der Waals surface area contributed by atoms with Gasteiger partial charge in [0.25, 0.3) is 0 Å². The van der Waals surface area contributed by atoms with E-state index in [0.29, 0.717) is 0 Å². The molecule has 1 aliphatic rings. The Bertz CT molecular complexity index is 368. The van der Waals surface area contributed by atoms with Gasteiger partial charge in [0, 0.05) is 11.5 Å². The van der Waals surface area contributed by atoms with Gasteiger partial charge in [-0.15, -0.1) is 11.3 Å². The van der Waals surface area contributed by atoms with Crippen molar-refractivity contribution in [1.82, 2.24) is 5.32 Å². The average Bonchev–Trinajstić information content (AvgIpc) is 2.78. The smallest absolute Gasteiger partial charge is 0.0884 e. The maximum atomic E-state index is 6.31. The Kier molecular flexibility index (Phi) is 5.07. The van der Waals surface area contributed by atoms with Crippen LogP contribution in [0.4, 0.5) is 0 Å². The number of hydrogen-bond acceptors (Lipinski definition) is 3. The number of hydrogen-bond donors (Lipinski definition) is 1. The van der Waals surface area contributed by atoms with Gasteiger partial charge in [-0.05, 0) is 38.3 Å². The fourth-order valence-electron chi connectivity index (χ4n) is 3.10. The van der Waals surface area contributed by atoms with Gasteiger partial charge >= 0.3 is 0 Å². The molecule has 1 aromatic rings. The lowest BCUT2D eigenvalue weighted by atomic mass is 9.78. The van der Waals surface area contributed by atoms with Crippen LogP contribution in [0.3, 0.4) is 0 Å². The summed E-state index contributed by atoms with van der Waals surface area (Å²) in [7, 11) is 2.01. The Balaban J connectivity index is 2.29. The average molecular weight is 288 g/mol. The lowest BCUT2D eigenvalue weighted by molar-refractivity contribution is -0.0890. The molecular weight excluding hydrogens is 266 g/mol. The van der Waals surface area contributed by atoms with Crippen LogP contribution in [0, 0.1) is 0 Å². The zero-order valence-corrected chi connectivity index (χ0v) is 12.7. The van der Waals surface area contributed by atoms with Crippen LogP contribution >= 0.6 is 22.9 Å². The molecule has 2 rings (SSSR count). The number of halogens is 1. The lowest BCUT2D eigenvalue weighted by Gasteiger charge is -2.43. The molecule has 2 nitrogen and oxygen atoms in total. The first-order valence-electron chi connectivity index (χ1n) is 6.77. The molecule has 0 saturated heterocycles. The fourth-order valence-corrected chi connectivity index (χ4v) is 4.48. The Hall–Kier alpha value is -0.0900. The van der Waals surface area contributed by atoms with Crippen molar-refractivity contribution in [2.24, 2.45) is 0 Å². The SMILES string of the molecule is CCOC1(C(NC)c2sccc2Cl)CCCCC1. The van der Waals surface area contributed by atoms with Crippen molar-refractivity contribution >= 4 is 22.9 Å². The van der Waals surface area contributed by atoms with Crippen LogP contribution < -0.4 is 5.32 Å². The molecule has 0 radical (unpaired) electrons. The molecule has 1 N–H and O–H groups in total. The highest BCUT2D eigenvalue weighted by Gasteiger charge is 2.42. The molecule has 1 atom stereocenters. The Morgan fingerprint density at radius 1 is 1.44 bits per heavy atom. The standard InChI is InChI=1S/C14H22ClNOS/c1-3-17-14(8-5-4-6-9-14)13(16-2)12-11(15)7-10-18-12/h7,10,13,16H,3-6,8-9H2,1-2H3. The van der Waals surface area contributed by atoms with Gasteiger partial charge in [0.2, 0.25) is 0 Å². The molecule has 1 fully saturated rings. The van der Waals surface area contributed by atoms with Crippen LogP contribution in [0.25, 0.3) is 0 Å². The van der Waals surface area contributed by atoms with E-state index in [1.807, 2.05) is 13.1 Å². The van der Waals surface area contributed by atoms with Gasteiger partial charge < -0.3 is 10.1 Å². The highest BCUT2D eigenvalue weighted by Crippen LogP contribution is 2.44. The van der Waals surface area contributed by atoms with E-state index in [4.69, 9.17) is 16.3 Å². The minimum Gasteiger partial charge on any atom is -0.373 e. The molecule has 4 heteroatoms. The Morgan fingerprint density at radius 3 is 2.67 bits per heavy atom. The van der Waals surface area contributed by atoms with E-state index in [1.54, 1.807) is 11.3 Å². The van der Waals surface area contributed by atoms with E-state index in [0.717, 1.165) is 24.5 Å². The monoisotopic (exact) mass is 287 g/mol. The first-order valence-corrected chi connectivity index (χ1v) is 8.03. The van der Waals surface area contributed by atoms with Gasteiger partial charge in [-0.25, -0.2) is 0 Å². The third-order valence-electron chi connectivity index (χ3n) is 3.85. The maximum Gasteiger partial charge on any atom is 0.0884 e. The molecule has 18 heavy (non-hydrogen) atoms. The summed E-state index contributed by atoms with van der Waals surface area (Å²) < 4.78 is 6.19. The van der Waals surface area contributed by atoms with Gasteiger partial charge in [-0.2, -0.15) is 0 Å². The van der Waals surface area contributed by atoms with Crippen LogP contribution in [-0.4, -0.2) is 19.3 Å². The molecule has 1 heterocycles. The number of likely N-dealkylation sites (N-methyl/N-ethyl adjacent to an activating group) is 1. The summed E-state index contributed by atoms with van der Waals surface area (Å²) >= 11 is 8.04. The zero-order valence-electron chi connectivity index (χ0n) is 11.2. The molecule has 0 aliphatic heterocycles. The molecule has 1 unspecified atom stereocenters. The highest BCUT2D eigenvalue weighted by atomic mass is 35.5. The minimum atomic E-state index is -0.0732. The normalized spacial score (nSPS) is 20.8. The summed E-state index contributed by atoms with van der Waals surface area (Å²) in [6.45, 7) is 2.85. The molecule has 1 saturated carbocycles. The van der Waals surface area contributed by atoms with Crippen molar-refractivity contribution in [2.45, 2.75) is 50.7 Å². The van der Waals surface area contributed by atoms with E-state index in [1.165, 1.54) is 24.1 Å². The molecular formula is C14H22ClNOS. The van der Waals surface area contributed by atoms with Gasteiger partial charge in [0.1, 0.15) is 0 Å². The summed E-state index contributed by atoms with van der Waals surface area (Å²) in [4.78, 5) is 1.22. The van der Waals surface area contributed by atoms with E-state index in [-0.39, 0.29) is 11.6 Å². The van der Waals surface area contributed by atoms with Gasteiger partial charge in [0.05, 0.1) is 16.7 Å². The Morgan fingerprint density at radius 2 is 2.17 bits per heavy atom. The second-order valence-corrected chi connectivity index (χ2v) is 6.27. The Labute approximate surface area is 119 Å². The molecule has 0 spiro atoms. The third-order valence-corrected chi connectivity index (χ3v) is 5.28. The van der Waals surface area contributed by atoms with E-state index in [2.05, 4.69) is 17.6 Å². The summed E-state index contributed by atoms with van der Waals surface area (Å²) in [5.41, 5.74) is -0.0732. The van der Waals surface area contributed by atoms with Crippen molar-refractivity contribution in [2.75, 3.05) is 13.7 Å². The van der Waals surface area contributed by atoms with E-state index in [9.17, 15) is 0 Å². The van der Waals surface area contributed by atoms with E-state index >= 15 is 0 Å². The van der Waals surface area contributed by atoms with Crippen LogP contribution in [0.2, 0.25) is 5.02 Å². The molecule has 102 valence electrons. The largest absolute Gasteiger partial charge is 0.373 e. The van der Waals surface area contributed by atoms with Crippen molar-refractivity contribution < 1.29 is 4.74 Å². The van der Waals surface area contributed by atoms with E-state index < -0.39 is 0 Å². The van der Waals surface area contributed by atoms with Crippen LogP contribution in [0.5, 0.6) is 0 Å². The number of ether oxygens (including phenoxy) is 1. The first kappa shape index (κ1) is 14.3. The quantitative estimate of drug-likeness (QED) is 0.866. The molecule has 0 bridgehead atoms. The van der Waals surface area contributed by atoms with Gasteiger partial charge in [0.15, 0.2) is 0 Å². The summed E-state index contributed by atoms with van der Waals surface area (Å²) in [5, 5.41) is 6.37. The number of thiophene rings is 1. The second kappa shape index (κ2) is 6.38. The minimum absolute atomic E-state index is 0.0732. The van der Waals surface area contributed by atoms with Crippen LogP contribution in [0.15, 0.2) is 11.4 Å². The van der Waals surface area contributed by atoms with Crippen molar-refractivity contribution in [3.05, 3.63) is 21.3 Å². The maximum absolute atomic E-state index is 6.31. The van der Waals surface area contributed by atoms with Crippen LogP contribution in [-0.2, 0) is 4.74 Å². The molecule has 0 aromatic carbocycles. The summed E-state index contributed by atoms with van der Waals surface area (Å²) in [6.07, 6.45) is 6.08. The summed E-state index contributed by atoms with van der Waals surface area (Å²) in [6, 6.07) is 2.19. The predicted octanol–water partition coefficient (Wildman–Crippen LogP) is 4.40. The lowest BCUT2D eigenvalue weighted by Crippen LogP contribution is -2.46. The fraction of sp³-hybridized carbons (Fsp3) is 0.714. The second-order valence-electron chi connectivity index (χ2n) is 4.91. The number of rotatable bonds is 5. The zero-order chi connectivity index (χ0) is 13.0. The molecule has 1 aliphatic carbocycles.